The van der Waals surface area contributed by atoms with Crippen molar-refractivity contribution in [2.75, 3.05) is 51.8 Å². The monoisotopic (exact) mass is 452 g/mol. The lowest BCUT2D eigenvalue weighted by Gasteiger charge is -2.29. The lowest BCUT2D eigenvalue weighted by Crippen LogP contribution is -2.37. The molecule has 1 unspecified atom stereocenters. The molecule has 0 aliphatic carbocycles. The van der Waals surface area contributed by atoms with Crippen LogP contribution in [0.4, 0.5) is 5.69 Å². The van der Waals surface area contributed by atoms with E-state index in [4.69, 9.17) is 4.74 Å². The molecule has 180 valence electrons. The van der Waals surface area contributed by atoms with Crippen molar-refractivity contribution < 1.29 is 14.3 Å². The van der Waals surface area contributed by atoms with Gasteiger partial charge in [0.05, 0.1) is 18.6 Å². The zero-order valence-corrected chi connectivity index (χ0v) is 21.2. The van der Waals surface area contributed by atoms with Gasteiger partial charge in [0.15, 0.2) is 5.78 Å². The van der Waals surface area contributed by atoms with Gasteiger partial charge in [-0.15, -0.1) is 0 Å². The molecule has 5 nitrogen and oxygen atoms in total. The highest BCUT2D eigenvalue weighted by Crippen LogP contribution is 2.30. The fourth-order valence-corrected chi connectivity index (χ4v) is 3.89. The first-order chi connectivity index (χ1) is 15.7. The zero-order valence-electron chi connectivity index (χ0n) is 21.2. The Bertz CT molecular complexity index is 884. The Kier molecular flexibility index (Phi) is 10.3. The average molecular weight is 453 g/mol. The van der Waals surface area contributed by atoms with E-state index in [0.29, 0.717) is 12.0 Å². The summed E-state index contributed by atoms with van der Waals surface area (Å²) < 4.78 is 5.38. The molecule has 0 bridgehead atoms. The molecule has 0 radical (unpaired) electrons. The van der Waals surface area contributed by atoms with Gasteiger partial charge in [-0.25, -0.2) is 0 Å². The SMILES string of the molecule is CC(=O)C(C)(Cc1ccc(C)cc1)C(=O)c1ccc(N2CCOCC2)cc1.CCCN(C)C. The van der Waals surface area contributed by atoms with Crippen LogP contribution in [0.5, 0.6) is 0 Å². The minimum Gasteiger partial charge on any atom is -0.378 e. The van der Waals surface area contributed by atoms with Crippen LogP contribution in [0, 0.1) is 12.3 Å². The minimum absolute atomic E-state index is 0.106. The summed E-state index contributed by atoms with van der Waals surface area (Å²) in [7, 11) is 4.17. The van der Waals surface area contributed by atoms with Gasteiger partial charge < -0.3 is 14.5 Å². The van der Waals surface area contributed by atoms with Crippen molar-refractivity contribution in [2.24, 2.45) is 5.41 Å². The summed E-state index contributed by atoms with van der Waals surface area (Å²) in [6.07, 6.45) is 1.67. The molecular weight excluding hydrogens is 412 g/mol. The van der Waals surface area contributed by atoms with E-state index in [2.05, 4.69) is 30.8 Å². The molecule has 1 aliphatic heterocycles. The van der Waals surface area contributed by atoms with Gasteiger partial charge in [0.25, 0.3) is 0 Å². The van der Waals surface area contributed by atoms with Crippen LogP contribution >= 0.6 is 0 Å². The van der Waals surface area contributed by atoms with Crippen LogP contribution in [-0.2, 0) is 16.0 Å². The molecule has 1 aliphatic rings. The Morgan fingerprint density at radius 1 is 1.00 bits per heavy atom. The quantitative estimate of drug-likeness (QED) is 0.425. The molecule has 1 fully saturated rings. The molecule has 0 N–H and O–H groups in total. The van der Waals surface area contributed by atoms with Gasteiger partial charge in [-0.1, -0.05) is 36.8 Å². The summed E-state index contributed by atoms with van der Waals surface area (Å²) in [5, 5.41) is 0. The first-order valence-electron chi connectivity index (χ1n) is 11.9. The summed E-state index contributed by atoms with van der Waals surface area (Å²) >= 11 is 0. The number of hydrogen-bond acceptors (Lipinski definition) is 5. The van der Waals surface area contributed by atoms with Gasteiger partial charge in [0.1, 0.15) is 5.78 Å². The number of morpholine rings is 1. The second-order valence-electron chi connectivity index (χ2n) is 9.33. The Balaban J connectivity index is 0.000000569. The molecule has 1 atom stereocenters. The smallest absolute Gasteiger partial charge is 0.176 e. The third-order valence-electron chi connectivity index (χ3n) is 6.13. The zero-order chi connectivity index (χ0) is 24.4. The normalized spacial score (nSPS) is 15.4. The fraction of sp³-hybridized carbons (Fsp3) is 0.500. The number of ether oxygens (including phenoxy) is 1. The van der Waals surface area contributed by atoms with E-state index in [0.717, 1.165) is 43.1 Å². The molecule has 1 heterocycles. The number of rotatable bonds is 8. The molecular formula is C28H40N2O3. The molecule has 5 heteroatoms. The summed E-state index contributed by atoms with van der Waals surface area (Å²) in [6.45, 7) is 11.8. The highest BCUT2D eigenvalue weighted by molar-refractivity contribution is 6.13. The van der Waals surface area contributed by atoms with E-state index in [1.54, 1.807) is 6.92 Å². The third kappa shape index (κ3) is 7.79. The second-order valence-corrected chi connectivity index (χ2v) is 9.33. The van der Waals surface area contributed by atoms with Crippen molar-refractivity contribution in [3.63, 3.8) is 0 Å². The van der Waals surface area contributed by atoms with Crippen molar-refractivity contribution in [3.8, 4) is 0 Å². The van der Waals surface area contributed by atoms with Crippen LogP contribution in [0.1, 0.15) is 48.7 Å². The van der Waals surface area contributed by atoms with Crippen molar-refractivity contribution in [2.45, 2.75) is 40.5 Å². The number of Topliss-reactive ketones (excluding diaryl/α,β-unsaturated/α-hetero) is 2. The third-order valence-corrected chi connectivity index (χ3v) is 6.13. The van der Waals surface area contributed by atoms with E-state index in [1.807, 2.05) is 55.5 Å². The van der Waals surface area contributed by atoms with Crippen LogP contribution in [0.25, 0.3) is 0 Å². The number of anilines is 1. The van der Waals surface area contributed by atoms with Gasteiger partial charge >= 0.3 is 0 Å². The Morgan fingerprint density at radius 2 is 1.58 bits per heavy atom. The maximum Gasteiger partial charge on any atom is 0.176 e. The topological polar surface area (TPSA) is 49.9 Å². The summed E-state index contributed by atoms with van der Waals surface area (Å²) in [5.74, 6) is -0.227. The maximum atomic E-state index is 13.2. The number of benzene rings is 2. The standard InChI is InChI=1S/C23H27NO3.C5H13N/c1-17-4-6-19(7-5-17)16-23(3,18(2)25)22(26)20-8-10-21(11-9-20)24-12-14-27-15-13-24;1-4-5-6(2)3/h4-11H,12-16H2,1-3H3;4-5H2,1-3H3. The van der Waals surface area contributed by atoms with Gasteiger partial charge in [-0.05, 0) is 84.1 Å². The highest BCUT2D eigenvalue weighted by Gasteiger charge is 2.38. The van der Waals surface area contributed by atoms with E-state index in [9.17, 15) is 9.59 Å². The van der Waals surface area contributed by atoms with Gasteiger partial charge in [-0.2, -0.15) is 0 Å². The number of nitrogens with zero attached hydrogens (tertiary/aromatic N) is 2. The van der Waals surface area contributed by atoms with Crippen LogP contribution in [0.15, 0.2) is 48.5 Å². The van der Waals surface area contributed by atoms with E-state index < -0.39 is 5.41 Å². The number of ketones is 2. The fourth-order valence-electron chi connectivity index (χ4n) is 3.89. The van der Waals surface area contributed by atoms with Gasteiger partial charge in [0.2, 0.25) is 0 Å². The van der Waals surface area contributed by atoms with E-state index in [1.165, 1.54) is 19.9 Å². The predicted molar refractivity (Wildman–Crippen MR) is 136 cm³/mol. The van der Waals surface area contributed by atoms with Crippen molar-refractivity contribution in [1.82, 2.24) is 4.90 Å². The average Bonchev–Trinajstić information content (AvgIpc) is 2.81. The van der Waals surface area contributed by atoms with Gasteiger partial charge in [-0.3, -0.25) is 9.59 Å². The number of aryl methyl sites for hydroxylation is 1. The first kappa shape index (κ1) is 26.7. The van der Waals surface area contributed by atoms with Crippen molar-refractivity contribution in [1.29, 1.82) is 0 Å². The second kappa shape index (κ2) is 12.7. The molecule has 3 rings (SSSR count). The molecule has 0 saturated carbocycles. The summed E-state index contributed by atoms with van der Waals surface area (Å²) in [4.78, 5) is 30.1. The number of hydrogen-bond donors (Lipinski definition) is 0. The molecule has 0 aromatic heterocycles. The van der Waals surface area contributed by atoms with Crippen LogP contribution in [-0.4, -0.2) is 63.4 Å². The van der Waals surface area contributed by atoms with Crippen LogP contribution < -0.4 is 4.90 Å². The van der Waals surface area contributed by atoms with Gasteiger partial charge in [0, 0.05) is 24.3 Å². The molecule has 33 heavy (non-hydrogen) atoms. The van der Waals surface area contributed by atoms with Crippen LogP contribution in [0.3, 0.4) is 0 Å². The molecule has 0 spiro atoms. The van der Waals surface area contributed by atoms with Crippen molar-refractivity contribution in [3.05, 3.63) is 65.2 Å². The Morgan fingerprint density at radius 3 is 2.03 bits per heavy atom. The largest absolute Gasteiger partial charge is 0.378 e. The Hall–Kier alpha value is -2.50. The summed E-state index contributed by atoms with van der Waals surface area (Å²) in [6, 6.07) is 15.6. The van der Waals surface area contributed by atoms with E-state index >= 15 is 0 Å². The number of carbonyl (C=O) groups excluding carboxylic acids is 2. The minimum atomic E-state index is -1.06. The van der Waals surface area contributed by atoms with Crippen LogP contribution in [0.2, 0.25) is 0 Å². The number of carbonyl (C=O) groups is 2. The van der Waals surface area contributed by atoms with E-state index in [-0.39, 0.29) is 11.6 Å². The first-order valence-corrected chi connectivity index (χ1v) is 11.9. The molecule has 1 saturated heterocycles. The lowest BCUT2D eigenvalue weighted by atomic mass is 9.74. The molecule has 2 aromatic rings. The summed E-state index contributed by atoms with van der Waals surface area (Å²) in [5.41, 5.74) is 2.76. The van der Waals surface area contributed by atoms with Crippen molar-refractivity contribution >= 4 is 17.3 Å². The Labute approximate surface area is 199 Å². The lowest BCUT2D eigenvalue weighted by molar-refractivity contribution is -0.123. The predicted octanol–water partition coefficient (Wildman–Crippen LogP) is 4.81. The maximum absolute atomic E-state index is 13.2. The molecule has 2 aromatic carbocycles. The highest BCUT2D eigenvalue weighted by atomic mass is 16.5. The molecule has 0 amide bonds.